The predicted molar refractivity (Wildman–Crippen MR) is 94.5 cm³/mol. The Balaban J connectivity index is 2.02. The lowest BCUT2D eigenvalue weighted by atomic mass is 10.2. The molecule has 2 rings (SSSR count). The molecule has 0 unspecified atom stereocenters. The van der Waals surface area contributed by atoms with E-state index in [0.717, 1.165) is 9.92 Å². The van der Waals surface area contributed by atoms with Crippen LogP contribution >= 0.6 is 11.8 Å². The van der Waals surface area contributed by atoms with E-state index in [1.54, 1.807) is 37.1 Å². The molecule has 6 heteroatoms. The molecule has 0 bridgehead atoms. The summed E-state index contributed by atoms with van der Waals surface area (Å²) in [7, 11) is 3.26. The first kappa shape index (κ1) is 18.4. The van der Waals surface area contributed by atoms with Gasteiger partial charge in [0.25, 0.3) is 5.91 Å². The highest BCUT2D eigenvalue weighted by molar-refractivity contribution is 7.99. The third-order valence-electron chi connectivity index (χ3n) is 3.38. The van der Waals surface area contributed by atoms with Gasteiger partial charge in [-0.15, -0.1) is 0 Å². The number of ether oxygens (including phenoxy) is 2. The van der Waals surface area contributed by atoms with Gasteiger partial charge in [-0.25, -0.2) is 4.98 Å². The summed E-state index contributed by atoms with van der Waals surface area (Å²) in [4.78, 5) is 19.7. The maximum Gasteiger partial charge on any atom is 0.254 e. The molecule has 1 heterocycles. The molecule has 0 aliphatic carbocycles. The zero-order chi connectivity index (χ0) is 17.2. The van der Waals surface area contributed by atoms with Crippen molar-refractivity contribution in [2.75, 3.05) is 40.5 Å². The smallest absolute Gasteiger partial charge is 0.254 e. The summed E-state index contributed by atoms with van der Waals surface area (Å²) in [6.45, 7) is 2.10. The summed E-state index contributed by atoms with van der Waals surface area (Å²) >= 11 is 1.57. The van der Waals surface area contributed by atoms with Crippen molar-refractivity contribution in [3.63, 3.8) is 0 Å². The molecule has 0 aliphatic heterocycles. The Morgan fingerprint density at radius 2 is 1.71 bits per heavy atom. The van der Waals surface area contributed by atoms with E-state index >= 15 is 0 Å². The molecule has 0 spiro atoms. The van der Waals surface area contributed by atoms with Crippen LogP contribution in [0.4, 0.5) is 0 Å². The van der Waals surface area contributed by atoms with Crippen LogP contribution in [0.15, 0.2) is 58.6 Å². The van der Waals surface area contributed by atoms with Crippen LogP contribution in [-0.2, 0) is 9.47 Å². The number of aromatic nitrogens is 1. The van der Waals surface area contributed by atoms with E-state index in [4.69, 9.17) is 9.47 Å². The molecule has 5 nitrogen and oxygen atoms in total. The van der Waals surface area contributed by atoms with Crippen LogP contribution in [0.2, 0.25) is 0 Å². The van der Waals surface area contributed by atoms with E-state index in [1.807, 2.05) is 42.5 Å². The van der Waals surface area contributed by atoms with Crippen molar-refractivity contribution < 1.29 is 14.3 Å². The highest BCUT2D eigenvalue weighted by atomic mass is 32.2. The van der Waals surface area contributed by atoms with E-state index in [-0.39, 0.29) is 5.91 Å². The van der Waals surface area contributed by atoms with Gasteiger partial charge in [-0.05, 0) is 36.4 Å². The number of amides is 1. The molecule has 1 aromatic carbocycles. The molecule has 0 atom stereocenters. The molecule has 0 N–H and O–H groups in total. The Hall–Kier alpha value is -1.89. The quantitative estimate of drug-likeness (QED) is 0.699. The fraction of sp³-hybridized carbons (Fsp3) is 0.333. The molecule has 0 aliphatic rings. The average molecular weight is 346 g/mol. The number of methoxy groups -OCH3 is 2. The third kappa shape index (κ3) is 5.63. The standard InChI is InChI=1S/C18H22N2O3S/c1-22-13-11-20(12-14-23-2)18(21)15-6-8-16(9-7-15)24-17-5-3-4-10-19-17/h3-10H,11-14H2,1-2H3. The summed E-state index contributed by atoms with van der Waals surface area (Å²) in [6.07, 6.45) is 1.77. The second-order valence-electron chi connectivity index (χ2n) is 5.07. The zero-order valence-corrected chi connectivity index (χ0v) is 14.8. The van der Waals surface area contributed by atoms with Crippen LogP contribution in [-0.4, -0.2) is 56.3 Å². The van der Waals surface area contributed by atoms with E-state index < -0.39 is 0 Å². The average Bonchev–Trinajstić information content (AvgIpc) is 2.63. The van der Waals surface area contributed by atoms with Crippen molar-refractivity contribution in [3.8, 4) is 0 Å². The lowest BCUT2D eigenvalue weighted by molar-refractivity contribution is 0.0627. The fourth-order valence-electron chi connectivity index (χ4n) is 2.09. The number of rotatable bonds is 9. The Morgan fingerprint density at radius 1 is 1.04 bits per heavy atom. The van der Waals surface area contributed by atoms with Gasteiger partial charge < -0.3 is 14.4 Å². The van der Waals surface area contributed by atoms with E-state index in [0.29, 0.717) is 31.9 Å². The number of benzene rings is 1. The van der Waals surface area contributed by atoms with Crippen molar-refractivity contribution >= 4 is 17.7 Å². The van der Waals surface area contributed by atoms with Gasteiger partial charge in [-0.2, -0.15) is 0 Å². The molecule has 0 fully saturated rings. The maximum atomic E-state index is 12.6. The minimum atomic E-state index is -0.0153. The number of hydrogen-bond donors (Lipinski definition) is 0. The maximum absolute atomic E-state index is 12.6. The van der Waals surface area contributed by atoms with E-state index in [1.165, 1.54) is 0 Å². The van der Waals surface area contributed by atoms with Crippen molar-refractivity contribution in [1.29, 1.82) is 0 Å². The molecule has 24 heavy (non-hydrogen) atoms. The molecule has 128 valence electrons. The molecule has 1 amide bonds. The molecular weight excluding hydrogens is 324 g/mol. The van der Waals surface area contributed by atoms with Gasteiger partial charge in [-0.3, -0.25) is 4.79 Å². The van der Waals surface area contributed by atoms with E-state index in [9.17, 15) is 4.79 Å². The monoisotopic (exact) mass is 346 g/mol. The summed E-state index contributed by atoms with van der Waals surface area (Å²) in [5.41, 5.74) is 0.660. The highest BCUT2D eigenvalue weighted by Gasteiger charge is 2.15. The second kappa shape index (κ2) is 10.1. The zero-order valence-electron chi connectivity index (χ0n) is 14.0. The van der Waals surface area contributed by atoms with Crippen LogP contribution in [0, 0.1) is 0 Å². The largest absolute Gasteiger partial charge is 0.383 e. The van der Waals surface area contributed by atoms with Crippen molar-refractivity contribution in [2.45, 2.75) is 9.92 Å². The molecule has 0 saturated carbocycles. The SMILES string of the molecule is COCCN(CCOC)C(=O)c1ccc(Sc2ccccn2)cc1. The number of hydrogen-bond acceptors (Lipinski definition) is 5. The van der Waals surface area contributed by atoms with Gasteiger partial charge in [-0.1, -0.05) is 17.8 Å². The third-order valence-corrected chi connectivity index (χ3v) is 4.34. The number of carbonyl (C=O) groups is 1. The molecule has 1 aromatic heterocycles. The molecule has 0 saturated heterocycles. The Morgan fingerprint density at radius 3 is 2.25 bits per heavy atom. The van der Waals surface area contributed by atoms with E-state index in [2.05, 4.69) is 4.98 Å². The molecule has 2 aromatic rings. The van der Waals surface area contributed by atoms with Gasteiger partial charge in [0.2, 0.25) is 0 Å². The Kier molecular flexibility index (Phi) is 7.74. The summed E-state index contributed by atoms with van der Waals surface area (Å²) in [6, 6.07) is 13.4. The summed E-state index contributed by atoms with van der Waals surface area (Å²) in [5.74, 6) is -0.0153. The van der Waals surface area contributed by atoms with Crippen molar-refractivity contribution in [1.82, 2.24) is 9.88 Å². The number of pyridine rings is 1. The normalized spacial score (nSPS) is 10.6. The van der Waals surface area contributed by atoms with Gasteiger partial charge in [0.15, 0.2) is 0 Å². The van der Waals surface area contributed by atoms with Gasteiger partial charge in [0, 0.05) is 44.0 Å². The first-order valence-corrected chi connectivity index (χ1v) is 8.52. The van der Waals surface area contributed by atoms with Gasteiger partial charge in [0.05, 0.1) is 13.2 Å². The molecular formula is C18H22N2O3S. The lowest BCUT2D eigenvalue weighted by Crippen LogP contribution is -2.36. The van der Waals surface area contributed by atoms with Crippen LogP contribution in [0.3, 0.4) is 0 Å². The first-order chi connectivity index (χ1) is 11.7. The summed E-state index contributed by atoms with van der Waals surface area (Å²) < 4.78 is 10.2. The number of nitrogens with zero attached hydrogens (tertiary/aromatic N) is 2. The second-order valence-corrected chi connectivity index (χ2v) is 6.17. The lowest BCUT2D eigenvalue weighted by Gasteiger charge is -2.22. The first-order valence-electron chi connectivity index (χ1n) is 7.70. The van der Waals surface area contributed by atoms with Crippen LogP contribution in [0.5, 0.6) is 0 Å². The topological polar surface area (TPSA) is 51.7 Å². The predicted octanol–water partition coefficient (Wildman–Crippen LogP) is 2.97. The van der Waals surface area contributed by atoms with Crippen LogP contribution in [0.1, 0.15) is 10.4 Å². The fourth-order valence-corrected chi connectivity index (χ4v) is 2.87. The van der Waals surface area contributed by atoms with Crippen molar-refractivity contribution in [3.05, 3.63) is 54.2 Å². The number of carbonyl (C=O) groups excluding carboxylic acids is 1. The molecule has 0 radical (unpaired) electrons. The van der Waals surface area contributed by atoms with Crippen LogP contribution < -0.4 is 0 Å². The summed E-state index contributed by atoms with van der Waals surface area (Å²) in [5, 5.41) is 0.929. The Labute approximate surface area is 147 Å². The van der Waals surface area contributed by atoms with Gasteiger partial charge in [0.1, 0.15) is 5.03 Å². The van der Waals surface area contributed by atoms with Crippen molar-refractivity contribution in [2.24, 2.45) is 0 Å². The van der Waals surface area contributed by atoms with Gasteiger partial charge >= 0.3 is 0 Å². The highest BCUT2D eigenvalue weighted by Crippen LogP contribution is 2.25. The Bertz CT molecular complexity index is 612. The minimum Gasteiger partial charge on any atom is -0.383 e. The van der Waals surface area contributed by atoms with Crippen LogP contribution in [0.25, 0.3) is 0 Å². The minimum absolute atomic E-state index is 0.0153.